The van der Waals surface area contributed by atoms with Crippen molar-refractivity contribution in [3.8, 4) is 11.8 Å². The normalized spacial score (nSPS) is 11.9. The Morgan fingerprint density at radius 3 is 2.42 bits per heavy atom. The van der Waals surface area contributed by atoms with Crippen molar-refractivity contribution in [3.05, 3.63) is 85.0 Å². The van der Waals surface area contributed by atoms with Crippen LogP contribution in [-0.4, -0.2) is 30.4 Å². The maximum Gasteiger partial charge on any atom is 0.416 e. The minimum Gasteiger partial charge on any atom is -0.425 e. The SMILES string of the molecule is Cc1ccc(Oc2nc3c(c(=O)n(CCCO)c(=O)n3C)n2Cc2ccc(Cl)cc2)cc1C(F)(F)F. The maximum atomic E-state index is 13.4. The first-order valence-corrected chi connectivity index (χ1v) is 11.3. The van der Waals surface area contributed by atoms with Crippen LogP contribution >= 0.6 is 11.6 Å². The van der Waals surface area contributed by atoms with Crippen molar-refractivity contribution < 1.29 is 23.0 Å². The largest absolute Gasteiger partial charge is 0.425 e. The second-order valence-electron chi connectivity index (χ2n) is 8.23. The summed E-state index contributed by atoms with van der Waals surface area (Å²) in [7, 11) is 1.43. The van der Waals surface area contributed by atoms with Crippen LogP contribution in [0.1, 0.15) is 23.1 Å². The predicted octanol–water partition coefficient (Wildman–Crippen LogP) is 4.10. The molecule has 12 heteroatoms. The van der Waals surface area contributed by atoms with Crippen LogP contribution in [-0.2, 0) is 26.3 Å². The Labute approximate surface area is 207 Å². The molecule has 0 amide bonds. The number of aliphatic hydroxyl groups excluding tert-OH is 1. The smallest absolute Gasteiger partial charge is 0.416 e. The summed E-state index contributed by atoms with van der Waals surface area (Å²) < 4.78 is 49.7. The summed E-state index contributed by atoms with van der Waals surface area (Å²) in [6.07, 6.45) is -4.41. The first kappa shape index (κ1) is 25.5. The zero-order chi connectivity index (χ0) is 26.2. The second kappa shape index (κ2) is 9.82. The van der Waals surface area contributed by atoms with Crippen molar-refractivity contribution in [2.24, 2.45) is 7.05 Å². The molecule has 0 unspecified atom stereocenters. The van der Waals surface area contributed by atoms with Gasteiger partial charge in [0.05, 0.1) is 12.1 Å². The molecule has 2 aromatic heterocycles. The van der Waals surface area contributed by atoms with Crippen LogP contribution in [0, 0.1) is 6.92 Å². The number of rotatable bonds is 7. The Balaban J connectivity index is 1.92. The van der Waals surface area contributed by atoms with Gasteiger partial charge in [-0.25, -0.2) is 4.79 Å². The number of aromatic nitrogens is 4. The standard InChI is InChI=1S/C24H22ClF3N4O4/c1-14-4-9-17(12-18(14)24(26,27)28)36-22-29-20-19(32(22)13-15-5-7-16(25)8-6-15)21(34)31(10-3-11-33)23(35)30(20)2/h4-9,12,33H,3,10-11,13H2,1-2H3. The monoisotopic (exact) mass is 522 g/mol. The molecule has 0 aliphatic rings. The van der Waals surface area contributed by atoms with E-state index in [4.69, 9.17) is 16.3 Å². The van der Waals surface area contributed by atoms with E-state index in [1.807, 2.05) is 0 Å². The lowest BCUT2D eigenvalue weighted by atomic mass is 10.1. The minimum atomic E-state index is -4.59. The number of fused-ring (bicyclic) bond motifs is 1. The number of aryl methyl sites for hydroxylation is 2. The molecule has 0 aliphatic carbocycles. The number of ether oxygens (including phenoxy) is 1. The maximum absolute atomic E-state index is 13.4. The lowest BCUT2D eigenvalue weighted by Crippen LogP contribution is -2.39. The number of hydrogen-bond acceptors (Lipinski definition) is 5. The summed E-state index contributed by atoms with van der Waals surface area (Å²) in [5.41, 5.74) is -1.38. The lowest BCUT2D eigenvalue weighted by molar-refractivity contribution is -0.138. The molecule has 8 nitrogen and oxygen atoms in total. The molecule has 0 atom stereocenters. The van der Waals surface area contributed by atoms with Gasteiger partial charge in [0.15, 0.2) is 11.2 Å². The van der Waals surface area contributed by atoms with Crippen LogP contribution in [0.5, 0.6) is 11.8 Å². The van der Waals surface area contributed by atoms with E-state index >= 15 is 0 Å². The average Bonchev–Trinajstić information content (AvgIpc) is 3.17. The summed E-state index contributed by atoms with van der Waals surface area (Å²) in [5.74, 6) is -0.133. The van der Waals surface area contributed by atoms with Gasteiger partial charge in [-0.2, -0.15) is 18.2 Å². The van der Waals surface area contributed by atoms with Crippen molar-refractivity contribution >= 4 is 22.8 Å². The van der Waals surface area contributed by atoms with Crippen LogP contribution in [0.4, 0.5) is 13.2 Å². The Morgan fingerprint density at radius 2 is 1.78 bits per heavy atom. The molecule has 0 spiro atoms. The Kier molecular flexibility index (Phi) is 6.96. The van der Waals surface area contributed by atoms with Gasteiger partial charge in [-0.05, 0) is 48.7 Å². The highest BCUT2D eigenvalue weighted by molar-refractivity contribution is 6.30. The Bertz CT molecular complexity index is 1540. The van der Waals surface area contributed by atoms with E-state index in [0.717, 1.165) is 15.2 Å². The number of aliphatic hydroxyl groups is 1. The highest BCUT2D eigenvalue weighted by atomic mass is 35.5. The van der Waals surface area contributed by atoms with Gasteiger partial charge < -0.3 is 9.84 Å². The topological polar surface area (TPSA) is 91.3 Å². The third-order valence-electron chi connectivity index (χ3n) is 5.71. The van der Waals surface area contributed by atoms with E-state index in [-0.39, 0.29) is 54.6 Å². The Hall–Kier alpha value is -3.57. The molecule has 0 bridgehead atoms. The zero-order valence-electron chi connectivity index (χ0n) is 19.3. The van der Waals surface area contributed by atoms with Gasteiger partial charge in [0, 0.05) is 25.2 Å². The predicted molar refractivity (Wildman–Crippen MR) is 128 cm³/mol. The van der Waals surface area contributed by atoms with Crippen LogP contribution in [0.3, 0.4) is 0 Å². The number of nitrogens with zero attached hydrogens (tertiary/aromatic N) is 4. The van der Waals surface area contributed by atoms with Crippen molar-refractivity contribution in [1.29, 1.82) is 0 Å². The van der Waals surface area contributed by atoms with E-state index in [2.05, 4.69) is 4.98 Å². The molecule has 190 valence electrons. The van der Waals surface area contributed by atoms with E-state index in [9.17, 15) is 27.9 Å². The summed E-state index contributed by atoms with van der Waals surface area (Å²) in [5, 5.41) is 9.68. The molecular weight excluding hydrogens is 501 g/mol. The van der Waals surface area contributed by atoms with E-state index in [1.165, 1.54) is 30.7 Å². The summed E-state index contributed by atoms with van der Waals surface area (Å²) >= 11 is 5.98. The fourth-order valence-corrected chi connectivity index (χ4v) is 3.98. The summed E-state index contributed by atoms with van der Waals surface area (Å²) in [4.78, 5) is 30.5. The number of imidazole rings is 1. The molecule has 2 aromatic carbocycles. The number of halogens is 4. The molecule has 1 N–H and O–H groups in total. The van der Waals surface area contributed by atoms with Crippen molar-refractivity contribution in [1.82, 2.24) is 18.7 Å². The molecule has 2 heterocycles. The average molecular weight is 523 g/mol. The van der Waals surface area contributed by atoms with Gasteiger partial charge in [-0.15, -0.1) is 0 Å². The molecule has 36 heavy (non-hydrogen) atoms. The van der Waals surface area contributed by atoms with Crippen LogP contribution in [0.25, 0.3) is 11.2 Å². The van der Waals surface area contributed by atoms with E-state index in [0.29, 0.717) is 10.6 Å². The first-order valence-electron chi connectivity index (χ1n) is 10.9. The van der Waals surface area contributed by atoms with Crippen LogP contribution in [0.2, 0.25) is 5.02 Å². The van der Waals surface area contributed by atoms with Gasteiger partial charge in [0.2, 0.25) is 0 Å². The number of benzene rings is 2. The summed E-state index contributed by atoms with van der Waals surface area (Å²) in [6, 6.07) is 10.1. The third-order valence-corrected chi connectivity index (χ3v) is 5.97. The minimum absolute atomic E-state index is 0.0115. The van der Waals surface area contributed by atoms with Crippen molar-refractivity contribution in [3.63, 3.8) is 0 Å². The molecule has 0 radical (unpaired) electrons. The van der Waals surface area contributed by atoms with Gasteiger partial charge >= 0.3 is 17.9 Å². The first-order chi connectivity index (χ1) is 17.0. The van der Waals surface area contributed by atoms with Crippen LogP contribution < -0.4 is 16.0 Å². The van der Waals surface area contributed by atoms with Crippen LogP contribution in [0.15, 0.2) is 52.1 Å². The lowest BCUT2D eigenvalue weighted by Gasteiger charge is -2.14. The summed E-state index contributed by atoms with van der Waals surface area (Å²) in [6.45, 7) is 1.16. The molecular formula is C24H22ClF3N4O4. The molecule has 0 aliphatic heterocycles. The van der Waals surface area contributed by atoms with Gasteiger partial charge in [-0.1, -0.05) is 29.8 Å². The molecule has 0 saturated heterocycles. The van der Waals surface area contributed by atoms with Gasteiger partial charge in [-0.3, -0.25) is 18.5 Å². The van der Waals surface area contributed by atoms with Gasteiger partial charge in [0.1, 0.15) is 5.75 Å². The Morgan fingerprint density at radius 1 is 1.08 bits per heavy atom. The zero-order valence-corrected chi connectivity index (χ0v) is 20.1. The highest BCUT2D eigenvalue weighted by Crippen LogP contribution is 2.35. The van der Waals surface area contributed by atoms with Gasteiger partial charge in [0.25, 0.3) is 5.56 Å². The molecule has 0 saturated carbocycles. The van der Waals surface area contributed by atoms with E-state index < -0.39 is 23.0 Å². The fraction of sp³-hybridized carbons (Fsp3) is 0.292. The second-order valence-corrected chi connectivity index (χ2v) is 8.67. The molecule has 0 fully saturated rings. The third kappa shape index (κ3) is 4.89. The quantitative estimate of drug-likeness (QED) is 0.394. The highest BCUT2D eigenvalue weighted by Gasteiger charge is 2.33. The van der Waals surface area contributed by atoms with E-state index in [1.54, 1.807) is 24.3 Å². The van der Waals surface area contributed by atoms with Crippen molar-refractivity contribution in [2.45, 2.75) is 32.6 Å². The number of hydrogen-bond donors (Lipinski definition) is 1. The fourth-order valence-electron chi connectivity index (χ4n) is 3.85. The van der Waals surface area contributed by atoms with Crippen molar-refractivity contribution in [2.75, 3.05) is 6.61 Å². The molecule has 4 rings (SSSR count). The number of alkyl halides is 3. The molecule has 4 aromatic rings.